The van der Waals surface area contributed by atoms with Crippen molar-refractivity contribution in [2.45, 2.75) is 23.5 Å². The molecule has 3 N–H and O–H groups in total. The van der Waals surface area contributed by atoms with Gasteiger partial charge >= 0.3 is 0 Å². The summed E-state index contributed by atoms with van der Waals surface area (Å²) in [6.07, 6.45) is 0.752. The number of rotatable bonds is 5. The van der Waals surface area contributed by atoms with Gasteiger partial charge in [-0.2, -0.15) is 0 Å². The van der Waals surface area contributed by atoms with Crippen molar-refractivity contribution < 1.29 is 4.79 Å². The molecule has 0 aliphatic carbocycles. The molecule has 21 heavy (non-hydrogen) atoms. The highest BCUT2D eigenvalue weighted by Gasteiger charge is 2.18. The molecular weight excluding hydrogens is 348 g/mol. The summed E-state index contributed by atoms with van der Waals surface area (Å²) in [5.41, 5.74) is 7.28. The van der Waals surface area contributed by atoms with E-state index in [1.54, 1.807) is 0 Å². The van der Waals surface area contributed by atoms with Crippen molar-refractivity contribution in [1.29, 1.82) is 0 Å². The minimum Gasteiger partial charge on any atom is -0.399 e. The number of benzene rings is 2. The second kappa shape index (κ2) is 7.52. The summed E-state index contributed by atoms with van der Waals surface area (Å²) in [6, 6.07) is 15.2. The van der Waals surface area contributed by atoms with Crippen LogP contribution in [-0.2, 0) is 4.79 Å². The first-order valence-electron chi connectivity index (χ1n) is 6.67. The van der Waals surface area contributed by atoms with Gasteiger partial charge in [0, 0.05) is 20.7 Å². The molecule has 1 unspecified atom stereocenters. The Kier molecular flexibility index (Phi) is 5.70. The molecule has 1 atom stereocenters. The molecule has 0 heterocycles. The zero-order valence-electron chi connectivity index (χ0n) is 11.7. The van der Waals surface area contributed by atoms with Gasteiger partial charge in [0.2, 0.25) is 5.91 Å². The van der Waals surface area contributed by atoms with Crippen molar-refractivity contribution in [3.05, 3.63) is 53.0 Å². The van der Waals surface area contributed by atoms with Crippen LogP contribution < -0.4 is 11.1 Å². The maximum Gasteiger partial charge on any atom is 0.237 e. The number of nitrogen functional groups attached to an aromatic ring is 1. The third kappa shape index (κ3) is 4.79. The number of nitrogens with two attached hydrogens (primary N) is 1. The summed E-state index contributed by atoms with van der Waals surface area (Å²) in [5, 5.41) is 2.80. The summed E-state index contributed by atoms with van der Waals surface area (Å²) in [5.74, 6) is 0.00671. The molecule has 0 saturated carbocycles. The average molecular weight is 365 g/mol. The molecular formula is C16H17BrN2OS. The smallest absolute Gasteiger partial charge is 0.237 e. The van der Waals surface area contributed by atoms with Crippen molar-refractivity contribution in [3.8, 4) is 0 Å². The molecule has 0 bridgehead atoms. The maximum atomic E-state index is 12.3. The summed E-state index contributed by atoms with van der Waals surface area (Å²) in [6.45, 7) is 2.01. The normalized spacial score (nSPS) is 11.9. The van der Waals surface area contributed by atoms with Crippen molar-refractivity contribution >= 4 is 45.0 Å². The Morgan fingerprint density at radius 2 is 2.00 bits per heavy atom. The molecule has 2 aromatic carbocycles. The zero-order chi connectivity index (χ0) is 15.2. The van der Waals surface area contributed by atoms with E-state index < -0.39 is 0 Å². The predicted molar refractivity (Wildman–Crippen MR) is 93.6 cm³/mol. The van der Waals surface area contributed by atoms with E-state index in [0.29, 0.717) is 5.69 Å². The van der Waals surface area contributed by atoms with Gasteiger partial charge in [0.15, 0.2) is 0 Å². The largest absolute Gasteiger partial charge is 0.399 e. The molecule has 0 radical (unpaired) electrons. The number of amides is 1. The van der Waals surface area contributed by atoms with Gasteiger partial charge in [0.1, 0.15) is 0 Å². The van der Waals surface area contributed by atoms with Crippen LogP contribution in [0, 0.1) is 0 Å². The van der Waals surface area contributed by atoms with Gasteiger partial charge in [0.05, 0.1) is 5.25 Å². The number of halogens is 1. The van der Waals surface area contributed by atoms with Crippen molar-refractivity contribution in [3.63, 3.8) is 0 Å². The van der Waals surface area contributed by atoms with E-state index in [9.17, 15) is 4.79 Å². The van der Waals surface area contributed by atoms with Crippen molar-refractivity contribution in [2.24, 2.45) is 0 Å². The molecule has 0 aliphatic heterocycles. The molecule has 2 rings (SSSR count). The third-order valence-corrected chi connectivity index (χ3v) is 4.80. The van der Waals surface area contributed by atoms with Crippen LogP contribution in [-0.4, -0.2) is 11.2 Å². The fourth-order valence-electron chi connectivity index (χ4n) is 1.83. The molecule has 0 aromatic heterocycles. The van der Waals surface area contributed by atoms with Crippen LogP contribution in [0.5, 0.6) is 0 Å². The topological polar surface area (TPSA) is 55.1 Å². The molecule has 0 fully saturated rings. The van der Waals surface area contributed by atoms with E-state index in [4.69, 9.17) is 5.73 Å². The Labute approximate surface area is 137 Å². The Morgan fingerprint density at radius 3 is 2.62 bits per heavy atom. The number of carbonyl (C=O) groups excluding carboxylic acids is 1. The number of anilines is 2. The van der Waals surface area contributed by atoms with Gasteiger partial charge in [0.25, 0.3) is 0 Å². The third-order valence-electron chi connectivity index (χ3n) is 2.91. The second-order valence-electron chi connectivity index (χ2n) is 4.58. The Bertz CT molecular complexity index is 616. The van der Waals surface area contributed by atoms with E-state index in [0.717, 1.165) is 21.5 Å². The first kappa shape index (κ1) is 15.9. The minimum atomic E-state index is -0.143. The second-order valence-corrected chi connectivity index (χ2v) is 6.78. The first-order chi connectivity index (χ1) is 10.1. The number of carbonyl (C=O) groups is 1. The first-order valence-corrected chi connectivity index (χ1v) is 8.34. The fraction of sp³-hybridized carbons (Fsp3) is 0.188. The lowest BCUT2D eigenvalue weighted by Gasteiger charge is -2.15. The Morgan fingerprint density at radius 1 is 1.29 bits per heavy atom. The standard InChI is InChI=1S/C16H17BrN2OS/c1-2-15(21-14-5-3-4-12(18)10-14)16(20)19-13-8-6-11(17)7-9-13/h3-10,15H,2,18H2,1H3,(H,19,20). The maximum absolute atomic E-state index is 12.3. The summed E-state index contributed by atoms with van der Waals surface area (Å²) in [4.78, 5) is 13.4. The molecule has 1 amide bonds. The van der Waals surface area contributed by atoms with Crippen LogP contribution >= 0.6 is 27.7 Å². The number of thioether (sulfide) groups is 1. The van der Waals surface area contributed by atoms with Gasteiger partial charge in [-0.1, -0.05) is 28.9 Å². The van der Waals surface area contributed by atoms with Crippen molar-refractivity contribution in [1.82, 2.24) is 0 Å². The van der Waals surface area contributed by atoms with E-state index in [2.05, 4.69) is 21.2 Å². The lowest BCUT2D eigenvalue weighted by molar-refractivity contribution is -0.115. The quantitative estimate of drug-likeness (QED) is 0.604. The molecule has 3 nitrogen and oxygen atoms in total. The minimum absolute atomic E-state index is 0.00671. The Balaban J connectivity index is 2.03. The van der Waals surface area contributed by atoms with Crippen LogP contribution in [0.3, 0.4) is 0 Å². The summed E-state index contributed by atoms with van der Waals surface area (Å²) >= 11 is 4.91. The van der Waals surface area contributed by atoms with Gasteiger partial charge in [-0.15, -0.1) is 11.8 Å². The van der Waals surface area contributed by atoms with E-state index in [1.807, 2.05) is 55.5 Å². The fourth-order valence-corrected chi connectivity index (χ4v) is 3.12. The monoisotopic (exact) mass is 364 g/mol. The number of nitrogens with one attached hydrogen (secondary N) is 1. The average Bonchev–Trinajstić information content (AvgIpc) is 2.47. The molecule has 2 aromatic rings. The van der Waals surface area contributed by atoms with Crippen LogP contribution in [0.2, 0.25) is 0 Å². The highest BCUT2D eigenvalue weighted by molar-refractivity contribution is 9.10. The lowest BCUT2D eigenvalue weighted by atomic mass is 10.3. The van der Waals surface area contributed by atoms with E-state index in [-0.39, 0.29) is 11.2 Å². The Hall–Kier alpha value is -1.46. The van der Waals surface area contributed by atoms with Gasteiger partial charge in [-0.3, -0.25) is 4.79 Å². The van der Waals surface area contributed by atoms with Crippen LogP contribution in [0.25, 0.3) is 0 Å². The SMILES string of the molecule is CCC(Sc1cccc(N)c1)C(=O)Nc1ccc(Br)cc1. The molecule has 0 aliphatic rings. The predicted octanol–water partition coefficient (Wildman–Crippen LogP) is 4.54. The molecule has 0 spiro atoms. The van der Waals surface area contributed by atoms with E-state index in [1.165, 1.54) is 11.8 Å². The van der Waals surface area contributed by atoms with Crippen LogP contribution in [0.4, 0.5) is 11.4 Å². The van der Waals surface area contributed by atoms with Crippen LogP contribution in [0.1, 0.15) is 13.3 Å². The highest BCUT2D eigenvalue weighted by Crippen LogP contribution is 2.28. The zero-order valence-corrected chi connectivity index (χ0v) is 14.1. The van der Waals surface area contributed by atoms with Gasteiger partial charge in [-0.25, -0.2) is 0 Å². The molecule has 0 saturated heterocycles. The van der Waals surface area contributed by atoms with Crippen LogP contribution in [0.15, 0.2) is 57.9 Å². The number of hydrogen-bond donors (Lipinski definition) is 2. The highest BCUT2D eigenvalue weighted by atomic mass is 79.9. The molecule has 5 heteroatoms. The van der Waals surface area contributed by atoms with E-state index >= 15 is 0 Å². The number of hydrogen-bond acceptors (Lipinski definition) is 3. The molecule has 110 valence electrons. The lowest BCUT2D eigenvalue weighted by Crippen LogP contribution is -2.24. The van der Waals surface area contributed by atoms with Gasteiger partial charge in [-0.05, 0) is 48.9 Å². The summed E-state index contributed by atoms with van der Waals surface area (Å²) < 4.78 is 0.988. The summed E-state index contributed by atoms with van der Waals surface area (Å²) in [7, 11) is 0. The van der Waals surface area contributed by atoms with Gasteiger partial charge < -0.3 is 11.1 Å². The van der Waals surface area contributed by atoms with Crippen molar-refractivity contribution in [2.75, 3.05) is 11.1 Å².